The molecule has 7 nitrogen and oxygen atoms in total. The smallest absolute Gasteiger partial charge is 0.191 e. The van der Waals surface area contributed by atoms with Crippen LogP contribution < -0.4 is 10.6 Å². The van der Waals surface area contributed by atoms with Crippen LogP contribution in [-0.4, -0.2) is 80.3 Å². The summed E-state index contributed by atoms with van der Waals surface area (Å²) >= 11 is 0. The van der Waals surface area contributed by atoms with Crippen molar-refractivity contribution >= 4 is 5.96 Å². The van der Waals surface area contributed by atoms with E-state index >= 15 is 0 Å². The summed E-state index contributed by atoms with van der Waals surface area (Å²) in [6.07, 6.45) is 0. The Morgan fingerprint density at radius 3 is 2.55 bits per heavy atom. The van der Waals surface area contributed by atoms with Crippen LogP contribution in [0.3, 0.4) is 0 Å². The van der Waals surface area contributed by atoms with Crippen molar-refractivity contribution in [2.45, 2.75) is 52.7 Å². The Balaban J connectivity index is 1.70. The van der Waals surface area contributed by atoms with E-state index in [1.54, 1.807) is 0 Å². The maximum atomic E-state index is 5.98. The van der Waals surface area contributed by atoms with Gasteiger partial charge in [-0.1, -0.05) is 6.92 Å². The molecular weight excluding hydrogens is 366 g/mol. The Labute approximate surface area is 175 Å². The number of ether oxygens (including phenoxy) is 1. The van der Waals surface area contributed by atoms with E-state index in [1.165, 1.54) is 0 Å². The van der Waals surface area contributed by atoms with Gasteiger partial charge < -0.3 is 19.8 Å². The van der Waals surface area contributed by atoms with Gasteiger partial charge in [-0.15, -0.1) is 0 Å². The normalized spacial score (nSPS) is 25.5. The number of guanidine groups is 1. The first-order valence-corrected chi connectivity index (χ1v) is 11.1. The summed E-state index contributed by atoms with van der Waals surface area (Å²) in [5.41, 5.74) is 0. The van der Waals surface area contributed by atoms with Crippen molar-refractivity contribution in [1.82, 2.24) is 20.4 Å². The number of furan rings is 1. The summed E-state index contributed by atoms with van der Waals surface area (Å²) in [6.45, 7) is 18.0. The number of hydrogen-bond donors (Lipinski definition) is 2. The number of aryl methyl sites for hydroxylation is 1. The third kappa shape index (κ3) is 5.96. The van der Waals surface area contributed by atoms with Gasteiger partial charge in [0.25, 0.3) is 0 Å². The lowest BCUT2D eigenvalue weighted by molar-refractivity contribution is 0.0135. The lowest BCUT2D eigenvalue weighted by Crippen LogP contribution is -2.47. The lowest BCUT2D eigenvalue weighted by Gasteiger charge is -2.32. The van der Waals surface area contributed by atoms with Gasteiger partial charge in [0.1, 0.15) is 11.5 Å². The topological polar surface area (TPSA) is 65.3 Å². The minimum Gasteiger partial charge on any atom is -0.465 e. The summed E-state index contributed by atoms with van der Waals surface area (Å²) in [6, 6.07) is 5.26. The highest BCUT2D eigenvalue weighted by molar-refractivity contribution is 5.80. The Morgan fingerprint density at radius 2 is 1.97 bits per heavy atom. The van der Waals surface area contributed by atoms with Gasteiger partial charge in [0.15, 0.2) is 5.96 Å². The molecule has 0 bridgehead atoms. The number of rotatable bonds is 7. The van der Waals surface area contributed by atoms with Crippen LogP contribution in [-0.2, 0) is 4.74 Å². The number of hydrogen-bond acceptors (Lipinski definition) is 5. The molecule has 0 saturated carbocycles. The van der Waals surface area contributed by atoms with Crippen LogP contribution in [0.1, 0.15) is 45.3 Å². The molecule has 2 saturated heterocycles. The predicted molar refractivity (Wildman–Crippen MR) is 117 cm³/mol. The maximum absolute atomic E-state index is 5.98. The third-order valence-corrected chi connectivity index (χ3v) is 6.04. The lowest BCUT2D eigenvalue weighted by atomic mass is 10.1. The maximum Gasteiger partial charge on any atom is 0.191 e. The van der Waals surface area contributed by atoms with Crippen molar-refractivity contribution in [2.75, 3.05) is 52.5 Å². The van der Waals surface area contributed by atoms with Crippen molar-refractivity contribution in [2.24, 2.45) is 10.9 Å². The van der Waals surface area contributed by atoms with Gasteiger partial charge in [0.2, 0.25) is 0 Å². The highest BCUT2D eigenvalue weighted by atomic mass is 16.5. The van der Waals surface area contributed by atoms with Gasteiger partial charge >= 0.3 is 0 Å². The van der Waals surface area contributed by atoms with E-state index in [1.807, 2.05) is 13.0 Å². The molecule has 0 spiro atoms. The molecule has 1 aromatic rings. The molecule has 2 aliphatic rings. The van der Waals surface area contributed by atoms with E-state index < -0.39 is 0 Å². The summed E-state index contributed by atoms with van der Waals surface area (Å²) in [5, 5.41) is 7.13. The molecule has 3 heterocycles. The van der Waals surface area contributed by atoms with E-state index in [2.05, 4.69) is 54.2 Å². The van der Waals surface area contributed by atoms with E-state index in [0.717, 1.165) is 63.4 Å². The molecule has 0 aliphatic carbocycles. The van der Waals surface area contributed by atoms with Crippen LogP contribution in [0, 0.1) is 12.8 Å². The molecule has 164 valence electrons. The van der Waals surface area contributed by atoms with Gasteiger partial charge in [-0.05, 0) is 45.7 Å². The summed E-state index contributed by atoms with van der Waals surface area (Å²) in [5.74, 6) is 3.44. The molecular formula is C22H39N5O2. The second-order valence-corrected chi connectivity index (χ2v) is 8.61. The first-order valence-electron chi connectivity index (χ1n) is 11.1. The van der Waals surface area contributed by atoms with Crippen LogP contribution in [0.15, 0.2) is 21.5 Å². The van der Waals surface area contributed by atoms with Crippen molar-refractivity contribution in [3.8, 4) is 0 Å². The van der Waals surface area contributed by atoms with Crippen LogP contribution in [0.2, 0.25) is 0 Å². The minimum absolute atomic E-state index is 0.135. The van der Waals surface area contributed by atoms with Gasteiger partial charge in [0, 0.05) is 44.8 Å². The zero-order valence-electron chi connectivity index (χ0n) is 18.8. The third-order valence-electron chi connectivity index (χ3n) is 6.04. The zero-order valence-corrected chi connectivity index (χ0v) is 18.8. The first kappa shape index (κ1) is 22.1. The van der Waals surface area contributed by atoms with E-state index in [9.17, 15) is 0 Å². The van der Waals surface area contributed by atoms with Gasteiger partial charge in [-0.2, -0.15) is 0 Å². The van der Waals surface area contributed by atoms with E-state index in [4.69, 9.17) is 14.1 Å². The average molecular weight is 406 g/mol. The molecule has 0 amide bonds. The van der Waals surface area contributed by atoms with Crippen LogP contribution in [0.4, 0.5) is 0 Å². The van der Waals surface area contributed by atoms with Crippen LogP contribution in [0.5, 0.6) is 0 Å². The van der Waals surface area contributed by atoms with Gasteiger partial charge in [0.05, 0.1) is 25.8 Å². The largest absolute Gasteiger partial charge is 0.465 e. The van der Waals surface area contributed by atoms with Crippen molar-refractivity contribution < 1.29 is 9.15 Å². The fourth-order valence-corrected chi connectivity index (χ4v) is 4.19. The Hall–Kier alpha value is -1.57. The number of aliphatic imine (C=N–C) groups is 1. The SMILES string of the molecule is CCNC(=NCC(c1ccc(C)o1)N1CCOCC1)NC1CN(C(C)C)CC1C. The number of morpholine rings is 1. The Bertz CT molecular complexity index is 653. The minimum atomic E-state index is 0.135. The number of likely N-dealkylation sites (tertiary alicyclic amines) is 1. The second-order valence-electron chi connectivity index (χ2n) is 8.61. The highest BCUT2D eigenvalue weighted by Crippen LogP contribution is 2.24. The van der Waals surface area contributed by atoms with Crippen molar-refractivity contribution in [3.05, 3.63) is 23.7 Å². The van der Waals surface area contributed by atoms with E-state index in [0.29, 0.717) is 24.5 Å². The second kappa shape index (κ2) is 10.5. The first-order chi connectivity index (χ1) is 14.0. The molecule has 2 N–H and O–H groups in total. The standard InChI is InChI=1S/C22H39N5O2/c1-6-23-22(25-19-15-27(16(2)3)14-17(19)4)24-13-20(21-8-7-18(5)29-21)26-9-11-28-12-10-26/h7-8,16-17,19-20H,6,9-15H2,1-5H3,(H2,23,24,25). The van der Waals surface area contributed by atoms with Gasteiger partial charge in [-0.3, -0.25) is 14.8 Å². The molecule has 29 heavy (non-hydrogen) atoms. The highest BCUT2D eigenvalue weighted by Gasteiger charge is 2.31. The molecule has 0 radical (unpaired) electrons. The fraction of sp³-hybridized carbons (Fsp3) is 0.773. The zero-order chi connectivity index (χ0) is 20.8. The van der Waals surface area contributed by atoms with Crippen LogP contribution in [0.25, 0.3) is 0 Å². The molecule has 2 fully saturated rings. The van der Waals surface area contributed by atoms with Crippen molar-refractivity contribution in [3.63, 3.8) is 0 Å². The summed E-state index contributed by atoms with van der Waals surface area (Å²) in [4.78, 5) is 9.94. The fourth-order valence-electron chi connectivity index (χ4n) is 4.19. The molecule has 7 heteroatoms. The van der Waals surface area contributed by atoms with Gasteiger partial charge in [-0.25, -0.2) is 0 Å². The number of nitrogens with zero attached hydrogens (tertiary/aromatic N) is 3. The average Bonchev–Trinajstić information content (AvgIpc) is 3.29. The monoisotopic (exact) mass is 405 g/mol. The molecule has 3 rings (SSSR count). The molecule has 2 aliphatic heterocycles. The molecule has 1 aromatic heterocycles. The Morgan fingerprint density at radius 1 is 1.21 bits per heavy atom. The molecule has 3 unspecified atom stereocenters. The van der Waals surface area contributed by atoms with Crippen molar-refractivity contribution in [1.29, 1.82) is 0 Å². The number of nitrogens with one attached hydrogen (secondary N) is 2. The van der Waals surface area contributed by atoms with Crippen LogP contribution >= 0.6 is 0 Å². The van der Waals surface area contributed by atoms with E-state index in [-0.39, 0.29) is 6.04 Å². The quantitative estimate of drug-likeness (QED) is 0.536. The summed E-state index contributed by atoms with van der Waals surface area (Å²) in [7, 11) is 0. The molecule has 3 atom stereocenters. The Kier molecular flexibility index (Phi) is 7.98. The summed E-state index contributed by atoms with van der Waals surface area (Å²) < 4.78 is 11.5. The molecule has 0 aromatic carbocycles. The predicted octanol–water partition coefficient (Wildman–Crippen LogP) is 2.25.